The third-order valence-corrected chi connectivity index (χ3v) is 4.90. The van der Waals surface area contributed by atoms with E-state index in [1.807, 2.05) is 0 Å². The Hall–Kier alpha value is -2.45. The Morgan fingerprint density at radius 2 is 1.92 bits per heavy atom. The van der Waals surface area contributed by atoms with E-state index in [-0.39, 0.29) is 28.8 Å². The van der Waals surface area contributed by atoms with Crippen molar-refractivity contribution in [3.8, 4) is 5.75 Å². The smallest absolute Gasteiger partial charge is 0.279 e. The van der Waals surface area contributed by atoms with E-state index in [0.29, 0.717) is 6.54 Å². The molecule has 1 atom stereocenters. The van der Waals surface area contributed by atoms with Gasteiger partial charge >= 0.3 is 0 Å². The highest BCUT2D eigenvalue weighted by Crippen LogP contribution is 2.20. The van der Waals surface area contributed by atoms with Crippen molar-refractivity contribution in [1.82, 2.24) is 0 Å². The number of para-hydroxylation sites is 1. The lowest BCUT2D eigenvalue weighted by atomic mass is 10.2. The molecule has 140 valence electrons. The molecule has 0 heterocycles. The summed E-state index contributed by atoms with van der Waals surface area (Å²) in [6.45, 7) is 0.536. The van der Waals surface area contributed by atoms with Crippen molar-refractivity contribution in [1.29, 1.82) is 0 Å². The highest BCUT2D eigenvalue weighted by Gasteiger charge is 2.17. The van der Waals surface area contributed by atoms with Crippen molar-refractivity contribution in [2.24, 2.45) is 0 Å². The van der Waals surface area contributed by atoms with Crippen LogP contribution in [0.15, 0.2) is 47.4 Å². The van der Waals surface area contributed by atoms with Gasteiger partial charge in [-0.1, -0.05) is 12.1 Å². The van der Waals surface area contributed by atoms with E-state index in [9.17, 15) is 17.6 Å². The predicted molar refractivity (Wildman–Crippen MR) is 96.6 cm³/mol. The fourth-order valence-electron chi connectivity index (χ4n) is 2.59. The molecule has 2 N–H and O–H groups in total. The lowest BCUT2D eigenvalue weighted by Gasteiger charge is -2.15. The van der Waals surface area contributed by atoms with Crippen molar-refractivity contribution < 1.29 is 27.2 Å². The van der Waals surface area contributed by atoms with E-state index in [0.717, 1.165) is 16.7 Å². The zero-order valence-electron chi connectivity index (χ0n) is 14.9. The number of nitrogens with one attached hydrogen (secondary N) is 2. The first-order valence-corrected chi connectivity index (χ1v) is 9.82. The summed E-state index contributed by atoms with van der Waals surface area (Å²) in [5, 5.41) is 2.63. The first-order valence-electron chi connectivity index (χ1n) is 7.93. The lowest BCUT2D eigenvalue weighted by molar-refractivity contribution is -0.885. The van der Waals surface area contributed by atoms with Gasteiger partial charge in [-0.3, -0.25) is 4.79 Å². The molecule has 0 aromatic heterocycles. The molecule has 1 amide bonds. The summed E-state index contributed by atoms with van der Waals surface area (Å²) in [5.74, 6) is -0.613. The number of anilines is 1. The maximum Gasteiger partial charge on any atom is 0.279 e. The Kier molecular flexibility index (Phi) is 6.33. The highest BCUT2D eigenvalue weighted by molar-refractivity contribution is 7.90. The zero-order chi connectivity index (χ0) is 19.3. The number of benzene rings is 2. The topological polar surface area (TPSA) is 76.9 Å². The number of rotatable bonds is 7. The molecule has 2 aromatic rings. The van der Waals surface area contributed by atoms with Crippen LogP contribution in [-0.4, -0.2) is 41.3 Å². The maximum atomic E-state index is 13.7. The Bertz CT molecular complexity index is 900. The molecule has 2 aromatic carbocycles. The van der Waals surface area contributed by atoms with Crippen molar-refractivity contribution in [2.75, 3.05) is 32.3 Å². The normalized spacial score (nSPS) is 12.5. The van der Waals surface area contributed by atoms with Gasteiger partial charge in [-0.15, -0.1) is 0 Å². The summed E-state index contributed by atoms with van der Waals surface area (Å²) in [5.41, 5.74) is 0.980. The lowest BCUT2D eigenvalue weighted by Crippen LogP contribution is -3.08. The van der Waals surface area contributed by atoms with Crippen molar-refractivity contribution in [3.63, 3.8) is 0 Å². The van der Waals surface area contributed by atoms with Crippen LogP contribution in [0.4, 0.5) is 10.1 Å². The largest absolute Gasteiger partial charge is 0.494 e. The number of likely N-dealkylation sites (N-methyl/N-ethyl adjacent to an activating group) is 1. The van der Waals surface area contributed by atoms with E-state index in [1.165, 1.54) is 19.2 Å². The van der Waals surface area contributed by atoms with Gasteiger partial charge in [0.05, 0.1) is 24.7 Å². The number of carbonyl (C=O) groups is 1. The van der Waals surface area contributed by atoms with Gasteiger partial charge in [0, 0.05) is 11.8 Å². The maximum absolute atomic E-state index is 13.7. The monoisotopic (exact) mass is 381 g/mol. The first kappa shape index (κ1) is 19.9. The van der Waals surface area contributed by atoms with Crippen LogP contribution in [0.5, 0.6) is 5.75 Å². The molecule has 6 nitrogen and oxygen atoms in total. The molecule has 0 aliphatic heterocycles. The number of sulfone groups is 1. The molecule has 0 spiro atoms. The molecule has 0 radical (unpaired) electrons. The van der Waals surface area contributed by atoms with Crippen LogP contribution >= 0.6 is 0 Å². The number of hydrogen-bond donors (Lipinski definition) is 2. The van der Waals surface area contributed by atoms with Gasteiger partial charge in [-0.05, 0) is 30.3 Å². The summed E-state index contributed by atoms with van der Waals surface area (Å²) >= 11 is 0. The summed E-state index contributed by atoms with van der Waals surface area (Å²) in [7, 11) is -0.250. The van der Waals surface area contributed by atoms with Crippen molar-refractivity contribution >= 4 is 21.4 Å². The second kappa shape index (κ2) is 8.29. The second-order valence-corrected chi connectivity index (χ2v) is 8.08. The fraction of sp³-hybridized carbons (Fsp3) is 0.278. The molecule has 0 saturated carbocycles. The van der Waals surface area contributed by atoms with E-state index < -0.39 is 15.7 Å². The predicted octanol–water partition coefficient (Wildman–Crippen LogP) is 0.891. The molecule has 0 saturated heterocycles. The van der Waals surface area contributed by atoms with Crippen LogP contribution < -0.4 is 15.0 Å². The quantitative estimate of drug-likeness (QED) is 0.747. The average molecular weight is 381 g/mol. The van der Waals surface area contributed by atoms with Gasteiger partial charge in [0.2, 0.25) is 0 Å². The Morgan fingerprint density at radius 3 is 2.54 bits per heavy atom. The Morgan fingerprint density at radius 1 is 1.23 bits per heavy atom. The molecule has 0 bridgehead atoms. The Balaban J connectivity index is 2.01. The van der Waals surface area contributed by atoms with Crippen molar-refractivity contribution in [2.45, 2.75) is 11.4 Å². The SMILES string of the molecule is COc1ccc(C[NH+](C)CC(=O)Nc2ccccc2S(C)(=O)=O)cc1F. The zero-order valence-corrected chi connectivity index (χ0v) is 15.7. The number of quaternary nitrogens is 1. The van der Waals surface area contributed by atoms with Crippen LogP contribution in [0.25, 0.3) is 0 Å². The molecule has 26 heavy (non-hydrogen) atoms. The molecule has 0 fully saturated rings. The number of halogens is 1. The van der Waals surface area contributed by atoms with Gasteiger partial charge in [-0.25, -0.2) is 12.8 Å². The minimum Gasteiger partial charge on any atom is -0.494 e. The molecule has 1 unspecified atom stereocenters. The van der Waals surface area contributed by atoms with Crippen LogP contribution in [-0.2, 0) is 21.2 Å². The number of amides is 1. The molecule has 2 rings (SSSR count). The van der Waals surface area contributed by atoms with E-state index in [1.54, 1.807) is 37.4 Å². The molecular weight excluding hydrogens is 359 g/mol. The summed E-state index contributed by atoms with van der Waals surface area (Å²) in [6, 6.07) is 10.9. The standard InChI is InChI=1S/C18H21FN2O4S/c1-21(11-13-8-9-16(25-2)14(19)10-13)12-18(22)20-15-6-4-5-7-17(15)26(3,23)24/h4-10H,11-12H2,1-3H3,(H,20,22)/p+1. The highest BCUT2D eigenvalue weighted by atomic mass is 32.2. The van der Waals surface area contributed by atoms with E-state index >= 15 is 0 Å². The summed E-state index contributed by atoms with van der Waals surface area (Å²) in [6.07, 6.45) is 1.09. The number of ether oxygens (including phenoxy) is 1. The summed E-state index contributed by atoms with van der Waals surface area (Å²) in [4.78, 5) is 13.1. The van der Waals surface area contributed by atoms with Crippen LogP contribution in [0, 0.1) is 5.82 Å². The van der Waals surface area contributed by atoms with Gasteiger partial charge in [0.15, 0.2) is 27.9 Å². The molecule has 8 heteroatoms. The minimum absolute atomic E-state index is 0.0724. The number of carbonyl (C=O) groups excluding carboxylic acids is 1. The van der Waals surface area contributed by atoms with Gasteiger partial charge in [0.1, 0.15) is 6.54 Å². The van der Waals surface area contributed by atoms with Crippen LogP contribution in [0.3, 0.4) is 0 Å². The number of methoxy groups -OCH3 is 1. The minimum atomic E-state index is -3.44. The average Bonchev–Trinajstić information content (AvgIpc) is 2.54. The third kappa shape index (κ3) is 5.27. The van der Waals surface area contributed by atoms with E-state index in [4.69, 9.17) is 4.74 Å². The Labute approximate surface area is 152 Å². The third-order valence-electron chi connectivity index (χ3n) is 3.75. The molecular formula is C18H22FN2O4S+. The van der Waals surface area contributed by atoms with Crippen LogP contribution in [0.1, 0.15) is 5.56 Å². The van der Waals surface area contributed by atoms with E-state index in [2.05, 4.69) is 5.32 Å². The fourth-order valence-corrected chi connectivity index (χ4v) is 3.44. The van der Waals surface area contributed by atoms with Gasteiger partial charge < -0.3 is 15.0 Å². The molecule has 0 aliphatic carbocycles. The van der Waals surface area contributed by atoms with Crippen molar-refractivity contribution in [3.05, 3.63) is 53.8 Å². The number of hydrogen-bond acceptors (Lipinski definition) is 4. The summed E-state index contributed by atoms with van der Waals surface area (Å²) < 4.78 is 42.2. The van der Waals surface area contributed by atoms with Gasteiger partial charge in [-0.2, -0.15) is 0 Å². The molecule has 0 aliphatic rings. The van der Waals surface area contributed by atoms with Crippen LogP contribution in [0.2, 0.25) is 0 Å². The van der Waals surface area contributed by atoms with Gasteiger partial charge in [0.25, 0.3) is 5.91 Å². The first-order chi connectivity index (χ1) is 12.2. The second-order valence-electron chi connectivity index (χ2n) is 6.10.